The second-order valence-corrected chi connectivity index (χ2v) is 10.3. The minimum absolute atomic E-state index is 0.0416. The fourth-order valence-electron chi connectivity index (χ4n) is 5.70. The lowest BCUT2D eigenvalue weighted by Gasteiger charge is -2.52. The van der Waals surface area contributed by atoms with Crippen molar-refractivity contribution in [3.63, 3.8) is 0 Å². The Kier molecular flexibility index (Phi) is 6.22. The summed E-state index contributed by atoms with van der Waals surface area (Å²) < 4.78 is 46.9. The maximum atomic E-state index is 13.1. The number of alkyl halides is 3. The number of nitrogens with zero attached hydrogens (tertiary/aromatic N) is 8. The molecule has 4 aromatic rings. The van der Waals surface area contributed by atoms with E-state index in [1.165, 1.54) is 19.3 Å². The first-order valence-corrected chi connectivity index (χ1v) is 12.8. The fraction of sp³-hybridized carbons (Fsp3) is 0.462. The van der Waals surface area contributed by atoms with Crippen LogP contribution in [-0.2, 0) is 11.7 Å². The highest BCUT2D eigenvalue weighted by molar-refractivity contribution is 5.89. The van der Waals surface area contributed by atoms with Gasteiger partial charge in [-0.3, -0.25) is 9.58 Å². The lowest BCUT2D eigenvalue weighted by atomic mass is 9.69. The number of hydrogen-bond donors (Lipinski definition) is 1. The first kappa shape index (κ1) is 25.2. The maximum Gasteiger partial charge on any atom is 0.451 e. The topological polar surface area (TPSA) is 121 Å². The van der Waals surface area contributed by atoms with Crippen LogP contribution in [0.1, 0.15) is 43.6 Å². The van der Waals surface area contributed by atoms with E-state index < -0.39 is 12.0 Å². The van der Waals surface area contributed by atoms with Gasteiger partial charge >= 0.3 is 6.18 Å². The molecule has 5 heterocycles. The average molecular weight is 538 g/mol. The van der Waals surface area contributed by atoms with Crippen molar-refractivity contribution in [1.29, 1.82) is 5.26 Å². The number of H-pyrrole nitrogens is 1. The Bertz CT molecular complexity index is 1530. The highest BCUT2D eigenvalue weighted by Gasteiger charge is 2.49. The van der Waals surface area contributed by atoms with Gasteiger partial charge in [0.1, 0.15) is 18.1 Å². The van der Waals surface area contributed by atoms with Gasteiger partial charge in [0.25, 0.3) is 0 Å². The standard InChI is InChI=1S/C26H26F3N9O/c1-16-10-21(36-24(35-16)26(27,28)29)39-19-3-8-37(9-4-19)18-11-25(12-18,5-6-30)38-14-17(13-34-38)22-20-2-7-31-23(20)33-15-32-22/h2,7,10,13-15,18-19H,3-5,8-9,11-12H2,1H3,(H,31,32,33). The van der Waals surface area contributed by atoms with Gasteiger partial charge in [-0.2, -0.15) is 28.5 Å². The molecular formula is C26H26F3N9O. The number of hydrogen-bond acceptors (Lipinski definition) is 8. The van der Waals surface area contributed by atoms with E-state index in [2.05, 4.69) is 41.0 Å². The molecule has 0 radical (unpaired) electrons. The molecule has 1 saturated heterocycles. The second-order valence-electron chi connectivity index (χ2n) is 10.3. The van der Waals surface area contributed by atoms with E-state index in [9.17, 15) is 18.4 Å². The van der Waals surface area contributed by atoms with Crippen molar-refractivity contribution in [3.8, 4) is 23.2 Å². The van der Waals surface area contributed by atoms with Crippen LogP contribution in [0, 0.1) is 18.3 Å². The second kappa shape index (κ2) is 9.60. The molecule has 10 nitrogen and oxygen atoms in total. The van der Waals surface area contributed by atoms with Gasteiger partial charge in [0.05, 0.1) is 29.9 Å². The van der Waals surface area contributed by atoms with Crippen LogP contribution in [0.5, 0.6) is 5.88 Å². The minimum atomic E-state index is -4.62. The normalized spacial score (nSPS) is 22.5. The van der Waals surface area contributed by atoms with Crippen molar-refractivity contribution < 1.29 is 17.9 Å². The molecule has 0 bridgehead atoms. The molecule has 0 aromatic carbocycles. The molecule has 202 valence electrons. The molecular weight excluding hydrogens is 511 g/mol. The van der Waals surface area contributed by atoms with Crippen molar-refractivity contribution in [2.45, 2.75) is 62.9 Å². The molecule has 0 atom stereocenters. The van der Waals surface area contributed by atoms with E-state index >= 15 is 0 Å². The number of aromatic nitrogens is 7. The summed E-state index contributed by atoms with van der Waals surface area (Å²) in [4.78, 5) is 21.2. The third kappa shape index (κ3) is 4.80. The predicted molar refractivity (Wildman–Crippen MR) is 133 cm³/mol. The molecule has 13 heteroatoms. The Morgan fingerprint density at radius 3 is 2.74 bits per heavy atom. The van der Waals surface area contributed by atoms with Crippen LogP contribution in [0.4, 0.5) is 13.2 Å². The zero-order valence-electron chi connectivity index (χ0n) is 21.2. The van der Waals surface area contributed by atoms with Gasteiger partial charge in [0.15, 0.2) is 0 Å². The molecule has 2 aliphatic rings. The molecule has 1 aliphatic heterocycles. The monoisotopic (exact) mass is 537 g/mol. The van der Waals surface area contributed by atoms with Crippen LogP contribution in [0.2, 0.25) is 0 Å². The first-order valence-electron chi connectivity index (χ1n) is 12.8. The largest absolute Gasteiger partial charge is 0.474 e. The number of rotatable bonds is 6. The number of ether oxygens (including phenoxy) is 1. The molecule has 4 aromatic heterocycles. The summed E-state index contributed by atoms with van der Waals surface area (Å²) in [6.07, 6.45) is 5.53. The van der Waals surface area contributed by atoms with Crippen molar-refractivity contribution in [3.05, 3.63) is 48.6 Å². The molecule has 1 aliphatic carbocycles. The zero-order valence-corrected chi connectivity index (χ0v) is 21.2. The van der Waals surface area contributed by atoms with Crippen LogP contribution in [0.15, 0.2) is 37.1 Å². The highest BCUT2D eigenvalue weighted by atomic mass is 19.4. The SMILES string of the molecule is Cc1cc(OC2CCN(C3CC(CC#N)(n4cc(-c5ncnc6[nH]ccc56)cn4)C3)CC2)nc(C(F)(F)F)n1. The quantitative estimate of drug-likeness (QED) is 0.387. The Morgan fingerprint density at radius 2 is 2.00 bits per heavy atom. The predicted octanol–water partition coefficient (Wildman–Crippen LogP) is 4.25. The van der Waals surface area contributed by atoms with Crippen molar-refractivity contribution in [2.24, 2.45) is 0 Å². The molecule has 0 amide bonds. The lowest BCUT2D eigenvalue weighted by molar-refractivity contribution is -0.145. The van der Waals surface area contributed by atoms with E-state index in [0.29, 0.717) is 25.3 Å². The van der Waals surface area contributed by atoms with E-state index in [-0.39, 0.29) is 23.2 Å². The Morgan fingerprint density at radius 1 is 1.21 bits per heavy atom. The molecule has 1 N–H and O–H groups in total. The molecule has 0 spiro atoms. The van der Waals surface area contributed by atoms with Gasteiger partial charge in [-0.15, -0.1) is 0 Å². The summed E-state index contributed by atoms with van der Waals surface area (Å²) in [6, 6.07) is 6.00. The first-order chi connectivity index (χ1) is 18.7. The number of aryl methyl sites for hydroxylation is 1. The minimum Gasteiger partial charge on any atom is -0.474 e. The molecule has 2 fully saturated rings. The van der Waals surface area contributed by atoms with Crippen molar-refractivity contribution in [2.75, 3.05) is 13.1 Å². The third-order valence-corrected chi connectivity index (χ3v) is 7.70. The van der Waals surface area contributed by atoms with Crippen molar-refractivity contribution >= 4 is 11.0 Å². The molecule has 0 unspecified atom stereocenters. The number of piperidine rings is 1. The van der Waals surface area contributed by atoms with Crippen LogP contribution >= 0.6 is 0 Å². The summed E-state index contributed by atoms with van der Waals surface area (Å²) in [7, 11) is 0. The lowest BCUT2D eigenvalue weighted by Crippen LogP contribution is -2.58. The Labute approximate surface area is 221 Å². The summed E-state index contributed by atoms with van der Waals surface area (Å²) in [5.41, 5.74) is 2.24. The number of nitriles is 1. The van der Waals surface area contributed by atoms with Gasteiger partial charge in [-0.05, 0) is 38.7 Å². The van der Waals surface area contributed by atoms with Gasteiger partial charge in [0, 0.05) is 54.2 Å². The van der Waals surface area contributed by atoms with E-state index in [0.717, 1.165) is 48.2 Å². The number of fused-ring (bicyclic) bond motifs is 1. The maximum absolute atomic E-state index is 13.1. The van der Waals surface area contributed by atoms with E-state index in [1.54, 1.807) is 6.20 Å². The number of nitrogens with one attached hydrogen (secondary N) is 1. The molecule has 6 rings (SSSR count). The van der Waals surface area contributed by atoms with Gasteiger partial charge in [0.2, 0.25) is 11.7 Å². The molecule has 1 saturated carbocycles. The Hall–Kier alpha value is -4.05. The Balaban J connectivity index is 1.09. The van der Waals surface area contributed by atoms with E-state index in [4.69, 9.17) is 4.74 Å². The fourth-order valence-corrected chi connectivity index (χ4v) is 5.70. The number of likely N-dealkylation sites (tertiary alicyclic amines) is 1. The van der Waals surface area contributed by atoms with Crippen LogP contribution in [-0.4, -0.2) is 64.8 Å². The van der Waals surface area contributed by atoms with Gasteiger partial charge in [-0.1, -0.05) is 0 Å². The van der Waals surface area contributed by atoms with Gasteiger partial charge < -0.3 is 9.72 Å². The average Bonchev–Trinajstić information content (AvgIpc) is 3.56. The summed E-state index contributed by atoms with van der Waals surface area (Å²) >= 11 is 0. The highest BCUT2D eigenvalue weighted by Crippen LogP contribution is 2.45. The molecule has 39 heavy (non-hydrogen) atoms. The van der Waals surface area contributed by atoms with Crippen LogP contribution in [0.3, 0.4) is 0 Å². The number of aromatic amines is 1. The summed E-state index contributed by atoms with van der Waals surface area (Å²) in [5.74, 6) is -1.22. The van der Waals surface area contributed by atoms with Crippen LogP contribution < -0.4 is 4.74 Å². The van der Waals surface area contributed by atoms with Crippen LogP contribution in [0.25, 0.3) is 22.3 Å². The van der Waals surface area contributed by atoms with Crippen molar-refractivity contribution in [1.82, 2.24) is 39.6 Å². The summed E-state index contributed by atoms with van der Waals surface area (Å²) in [6.45, 7) is 3.00. The third-order valence-electron chi connectivity index (χ3n) is 7.70. The van der Waals surface area contributed by atoms with Gasteiger partial charge in [-0.25, -0.2) is 15.0 Å². The summed E-state index contributed by atoms with van der Waals surface area (Å²) in [5, 5.41) is 15.1. The van der Waals surface area contributed by atoms with E-state index in [1.807, 2.05) is 23.1 Å². The smallest absolute Gasteiger partial charge is 0.451 e. The zero-order chi connectivity index (χ0) is 27.2. The number of halogens is 3.